The Bertz CT molecular complexity index is 1170. The first-order valence-electron chi connectivity index (χ1n) is 10.6. The van der Waals surface area contributed by atoms with Crippen LogP contribution in [0.25, 0.3) is 10.9 Å². The lowest BCUT2D eigenvalue weighted by molar-refractivity contribution is -0.128. The Hall–Kier alpha value is -3.49. The highest BCUT2D eigenvalue weighted by atomic mass is 19.3. The van der Waals surface area contributed by atoms with Gasteiger partial charge in [0.05, 0.1) is 24.7 Å². The third kappa shape index (κ3) is 4.81. The van der Waals surface area contributed by atoms with Crippen molar-refractivity contribution in [3.63, 3.8) is 0 Å². The molecule has 1 amide bonds. The number of alkyl halides is 2. The summed E-state index contributed by atoms with van der Waals surface area (Å²) in [6, 6.07) is 9.21. The lowest BCUT2D eigenvalue weighted by atomic mass is 10.1. The number of aromatic nitrogens is 1. The molecule has 3 aromatic rings. The Balaban J connectivity index is 1.60. The molecule has 1 atom stereocenters. The topological polar surface area (TPSA) is 63.7 Å². The zero-order chi connectivity index (χ0) is 23.5. The molecule has 174 valence electrons. The summed E-state index contributed by atoms with van der Waals surface area (Å²) in [5.74, 6) is 0.0946. The first-order valence-corrected chi connectivity index (χ1v) is 10.6. The molecule has 6 nitrogen and oxygen atoms in total. The van der Waals surface area contributed by atoms with E-state index in [1.54, 1.807) is 29.3 Å². The van der Waals surface area contributed by atoms with Crippen LogP contribution >= 0.6 is 0 Å². The summed E-state index contributed by atoms with van der Waals surface area (Å²) in [7, 11) is 1.53. The van der Waals surface area contributed by atoms with Crippen molar-refractivity contribution in [1.29, 1.82) is 0 Å². The Morgan fingerprint density at radius 3 is 2.79 bits per heavy atom. The maximum Gasteiger partial charge on any atom is 0.266 e. The smallest absolute Gasteiger partial charge is 0.266 e. The van der Waals surface area contributed by atoms with Crippen LogP contribution in [-0.2, 0) is 11.3 Å². The van der Waals surface area contributed by atoms with Crippen molar-refractivity contribution < 1.29 is 27.4 Å². The number of anilines is 1. The van der Waals surface area contributed by atoms with Crippen molar-refractivity contribution in [2.75, 3.05) is 25.5 Å². The molecule has 1 aliphatic rings. The fourth-order valence-electron chi connectivity index (χ4n) is 3.94. The molecule has 1 fully saturated rings. The molecule has 1 N–H and O–H groups in total. The average Bonchev–Trinajstić information content (AvgIpc) is 3.26. The average molecular weight is 459 g/mol. The molecule has 0 saturated carbocycles. The second-order valence-electron chi connectivity index (χ2n) is 7.85. The largest absolute Gasteiger partial charge is 0.493 e. The van der Waals surface area contributed by atoms with Gasteiger partial charge in [-0.1, -0.05) is 18.2 Å². The summed E-state index contributed by atoms with van der Waals surface area (Å²) in [5.41, 5.74) is 0.789. The van der Waals surface area contributed by atoms with Crippen LogP contribution in [0.4, 0.5) is 18.9 Å². The highest BCUT2D eigenvalue weighted by molar-refractivity contribution is 5.93. The number of hydrogen-bond donors (Lipinski definition) is 1. The quantitative estimate of drug-likeness (QED) is 0.543. The van der Waals surface area contributed by atoms with E-state index in [9.17, 15) is 18.0 Å². The van der Waals surface area contributed by atoms with Gasteiger partial charge in [0.15, 0.2) is 11.5 Å². The summed E-state index contributed by atoms with van der Waals surface area (Å²) in [4.78, 5) is 17.7. The molecule has 2 heterocycles. The number of pyridine rings is 1. The van der Waals surface area contributed by atoms with Gasteiger partial charge >= 0.3 is 0 Å². The van der Waals surface area contributed by atoms with E-state index in [1.807, 2.05) is 0 Å². The molecule has 2 aromatic carbocycles. The number of halogens is 3. The van der Waals surface area contributed by atoms with Crippen LogP contribution in [0.15, 0.2) is 42.6 Å². The van der Waals surface area contributed by atoms with Crippen LogP contribution < -0.4 is 14.8 Å². The van der Waals surface area contributed by atoms with E-state index >= 15 is 0 Å². The molecule has 1 aliphatic heterocycles. The molecule has 1 aromatic heterocycles. The minimum absolute atomic E-state index is 0.00501. The number of amides is 1. The Morgan fingerprint density at radius 1 is 1.27 bits per heavy atom. The molecule has 0 bridgehead atoms. The fourth-order valence-corrected chi connectivity index (χ4v) is 3.94. The molecule has 0 aliphatic carbocycles. The minimum atomic E-state index is -2.88. The van der Waals surface area contributed by atoms with Gasteiger partial charge in [-0.2, -0.15) is 0 Å². The number of hydrogen-bond acceptors (Lipinski definition) is 5. The van der Waals surface area contributed by atoms with E-state index in [4.69, 9.17) is 9.47 Å². The first-order chi connectivity index (χ1) is 15.9. The number of likely N-dealkylation sites (tertiary alicyclic amines) is 1. The SMILES string of the molecule is COc1cc2nccc(NCc3cccc(C(F)F)c3F)c2cc1OC1CCN(C(C)=O)C1. The van der Waals surface area contributed by atoms with Gasteiger partial charge in [-0.3, -0.25) is 9.78 Å². The lowest BCUT2D eigenvalue weighted by Crippen LogP contribution is -2.28. The van der Waals surface area contributed by atoms with Crippen molar-refractivity contribution in [2.24, 2.45) is 0 Å². The van der Waals surface area contributed by atoms with Crippen LogP contribution in [0.5, 0.6) is 11.5 Å². The van der Waals surface area contributed by atoms with E-state index in [0.29, 0.717) is 47.6 Å². The zero-order valence-corrected chi connectivity index (χ0v) is 18.3. The number of nitrogens with one attached hydrogen (secondary N) is 1. The van der Waals surface area contributed by atoms with Crippen molar-refractivity contribution in [3.05, 3.63) is 59.5 Å². The third-order valence-electron chi connectivity index (χ3n) is 5.72. The molecule has 0 spiro atoms. The number of rotatable bonds is 7. The number of ether oxygens (including phenoxy) is 2. The minimum Gasteiger partial charge on any atom is -0.493 e. The zero-order valence-electron chi connectivity index (χ0n) is 18.3. The Kier molecular flexibility index (Phi) is 6.57. The van der Waals surface area contributed by atoms with Gasteiger partial charge in [0.2, 0.25) is 5.91 Å². The van der Waals surface area contributed by atoms with Gasteiger partial charge in [-0.15, -0.1) is 0 Å². The van der Waals surface area contributed by atoms with Gasteiger partial charge in [-0.25, -0.2) is 13.2 Å². The Morgan fingerprint density at radius 2 is 2.09 bits per heavy atom. The summed E-state index contributed by atoms with van der Waals surface area (Å²) in [5, 5.41) is 3.83. The molecule has 33 heavy (non-hydrogen) atoms. The van der Waals surface area contributed by atoms with E-state index < -0.39 is 17.8 Å². The number of methoxy groups -OCH3 is 1. The maximum absolute atomic E-state index is 14.4. The van der Waals surface area contributed by atoms with Crippen LogP contribution in [0.2, 0.25) is 0 Å². The molecule has 4 rings (SSSR count). The third-order valence-corrected chi connectivity index (χ3v) is 5.72. The van der Waals surface area contributed by atoms with Gasteiger partial charge in [0.25, 0.3) is 6.43 Å². The van der Waals surface area contributed by atoms with Crippen LogP contribution in [0, 0.1) is 5.82 Å². The van der Waals surface area contributed by atoms with E-state index in [-0.39, 0.29) is 24.1 Å². The van der Waals surface area contributed by atoms with Crippen molar-refractivity contribution >= 4 is 22.5 Å². The molecular formula is C24H24F3N3O3. The summed E-state index contributed by atoms with van der Waals surface area (Å²) < 4.78 is 52.1. The number of carbonyl (C=O) groups excluding carboxylic acids is 1. The molecular weight excluding hydrogens is 435 g/mol. The highest BCUT2D eigenvalue weighted by Crippen LogP contribution is 2.36. The molecule has 0 radical (unpaired) electrons. The second kappa shape index (κ2) is 9.56. The van der Waals surface area contributed by atoms with Crippen molar-refractivity contribution in [1.82, 2.24) is 9.88 Å². The predicted molar refractivity (Wildman–Crippen MR) is 118 cm³/mol. The lowest BCUT2D eigenvalue weighted by Gasteiger charge is -2.18. The predicted octanol–water partition coefficient (Wildman–Crippen LogP) is 4.93. The van der Waals surface area contributed by atoms with Gasteiger partial charge in [0.1, 0.15) is 11.9 Å². The molecule has 1 unspecified atom stereocenters. The van der Waals surface area contributed by atoms with E-state index in [2.05, 4.69) is 10.3 Å². The van der Waals surface area contributed by atoms with Crippen LogP contribution in [0.1, 0.15) is 30.9 Å². The van der Waals surface area contributed by atoms with Crippen molar-refractivity contribution in [2.45, 2.75) is 32.4 Å². The van der Waals surface area contributed by atoms with Crippen LogP contribution in [0.3, 0.4) is 0 Å². The number of fused-ring (bicyclic) bond motifs is 1. The standard InChI is InChI=1S/C24H24F3N3O3/c1-14(31)30-9-7-16(13-30)33-22-10-18-19(6-8-28-20(18)11-21(22)32-2)29-12-15-4-3-5-17(23(15)25)24(26)27/h3-6,8,10-11,16,24H,7,9,12-13H2,1-2H3,(H,28,29). The van der Waals surface area contributed by atoms with E-state index in [1.165, 1.54) is 26.2 Å². The molecule has 9 heteroatoms. The fraction of sp³-hybridized carbons (Fsp3) is 0.333. The number of carbonyl (C=O) groups is 1. The van der Waals surface area contributed by atoms with E-state index in [0.717, 1.165) is 6.07 Å². The molecule has 1 saturated heterocycles. The Labute approximate surface area is 189 Å². The van der Waals surface area contributed by atoms with Gasteiger partial charge in [-0.05, 0) is 12.1 Å². The van der Waals surface area contributed by atoms with Gasteiger partial charge in [0, 0.05) is 55.3 Å². The number of nitrogens with zero attached hydrogens (tertiary/aromatic N) is 2. The second-order valence-corrected chi connectivity index (χ2v) is 7.85. The summed E-state index contributed by atoms with van der Waals surface area (Å²) >= 11 is 0. The summed E-state index contributed by atoms with van der Waals surface area (Å²) in [6.07, 6.45) is -0.746. The summed E-state index contributed by atoms with van der Waals surface area (Å²) in [6.45, 7) is 2.67. The maximum atomic E-state index is 14.4. The van der Waals surface area contributed by atoms with Crippen LogP contribution in [-0.4, -0.2) is 42.1 Å². The first kappa shape index (κ1) is 22.7. The normalized spacial score (nSPS) is 15.8. The monoisotopic (exact) mass is 459 g/mol. The highest BCUT2D eigenvalue weighted by Gasteiger charge is 2.26. The van der Waals surface area contributed by atoms with Crippen molar-refractivity contribution in [3.8, 4) is 11.5 Å². The van der Waals surface area contributed by atoms with Gasteiger partial charge < -0.3 is 19.7 Å². The number of benzene rings is 2.